The predicted molar refractivity (Wildman–Crippen MR) is 48.3 cm³/mol. The van der Waals surface area contributed by atoms with Crippen LogP contribution in [0.25, 0.3) is 0 Å². The maximum absolute atomic E-state index is 10.9. The second-order valence-electron chi connectivity index (χ2n) is 2.97. The quantitative estimate of drug-likeness (QED) is 0.288. The summed E-state index contributed by atoms with van der Waals surface area (Å²) in [5.41, 5.74) is 0. The molecule has 0 heterocycles. The van der Waals surface area contributed by atoms with Crippen molar-refractivity contribution >= 4 is 5.97 Å². The summed E-state index contributed by atoms with van der Waals surface area (Å²) < 4.78 is 4.44. The Morgan fingerprint density at radius 2 is 2.08 bits per heavy atom. The smallest absolute Gasteiger partial charge is 0.338 e. The molecule has 0 aliphatic carbocycles. The number of carbonyl (C=O) groups is 1. The highest BCUT2D eigenvalue weighted by Gasteiger charge is 2.18. The third-order valence-electron chi connectivity index (χ3n) is 1.91. The van der Waals surface area contributed by atoms with E-state index < -0.39 is 12.1 Å². The Bertz CT molecular complexity index is 136. The molecule has 0 aliphatic heterocycles. The minimum absolute atomic E-state index is 0.515. The van der Waals surface area contributed by atoms with Gasteiger partial charge in [0.25, 0.3) is 0 Å². The second kappa shape index (κ2) is 8.01. The number of unbranched alkanes of at least 4 members (excludes halogenated alkanes) is 3. The lowest BCUT2D eigenvalue weighted by atomic mass is 10.1. The minimum atomic E-state index is -0.818. The number of ether oxygens (including phenoxy) is 1. The molecule has 0 bridgehead atoms. The number of hydrogen-bond acceptors (Lipinski definition) is 4. The molecule has 0 aromatic rings. The Kier molecular flexibility index (Phi) is 7.63. The average Bonchev–Trinajstić information content (AvgIpc) is 2.17. The van der Waals surface area contributed by atoms with E-state index in [9.17, 15) is 4.79 Å². The molecule has 0 spiro atoms. The highest BCUT2D eigenvalue weighted by molar-refractivity contribution is 5.74. The molecule has 4 heteroatoms. The van der Waals surface area contributed by atoms with E-state index >= 15 is 0 Å². The van der Waals surface area contributed by atoms with Crippen LogP contribution in [0.1, 0.15) is 39.0 Å². The van der Waals surface area contributed by atoms with Crippen LogP contribution >= 0.6 is 0 Å². The zero-order valence-electron chi connectivity index (χ0n) is 8.28. The van der Waals surface area contributed by atoms with Crippen molar-refractivity contribution in [1.82, 2.24) is 0 Å². The van der Waals surface area contributed by atoms with Crippen LogP contribution in [0, 0.1) is 0 Å². The van der Waals surface area contributed by atoms with Gasteiger partial charge in [-0.2, -0.15) is 0 Å². The normalized spacial score (nSPS) is 12.5. The summed E-state index contributed by atoms with van der Waals surface area (Å²) in [5, 5.41) is 8.38. The molecule has 1 atom stereocenters. The van der Waals surface area contributed by atoms with Gasteiger partial charge in [0.1, 0.15) is 0 Å². The molecule has 13 heavy (non-hydrogen) atoms. The molecule has 78 valence electrons. The van der Waals surface area contributed by atoms with Gasteiger partial charge < -0.3 is 4.74 Å². The van der Waals surface area contributed by atoms with E-state index in [-0.39, 0.29) is 0 Å². The number of rotatable bonds is 7. The predicted octanol–water partition coefficient (Wildman–Crippen LogP) is 1.99. The monoisotopic (exact) mass is 190 g/mol. The van der Waals surface area contributed by atoms with Crippen molar-refractivity contribution in [3.05, 3.63) is 0 Å². The van der Waals surface area contributed by atoms with E-state index in [0.29, 0.717) is 6.42 Å². The first kappa shape index (κ1) is 12.4. The van der Waals surface area contributed by atoms with Gasteiger partial charge in [0.15, 0.2) is 6.10 Å². The van der Waals surface area contributed by atoms with Crippen LogP contribution in [0.4, 0.5) is 0 Å². The zero-order chi connectivity index (χ0) is 10.1. The molecular weight excluding hydrogens is 172 g/mol. The van der Waals surface area contributed by atoms with Crippen molar-refractivity contribution in [2.45, 2.75) is 45.1 Å². The highest BCUT2D eigenvalue weighted by Crippen LogP contribution is 2.08. The van der Waals surface area contributed by atoms with Gasteiger partial charge >= 0.3 is 5.97 Å². The van der Waals surface area contributed by atoms with E-state index in [0.717, 1.165) is 25.7 Å². The molecule has 0 radical (unpaired) electrons. The van der Waals surface area contributed by atoms with Gasteiger partial charge in [-0.1, -0.05) is 32.6 Å². The zero-order valence-corrected chi connectivity index (χ0v) is 8.28. The third kappa shape index (κ3) is 5.60. The van der Waals surface area contributed by atoms with Crippen molar-refractivity contribution in [3.63, 3.8) is 0 Å². The minimum Gasteiger partial charge on any atom is -0.467 e. The van der Waals surface area contributed by atoms with Crippen LogP contribution in [0.15, 0.2) is 0 Å². The Balaban J connectivity index is 3.53. The fraction of sp³-hybridized carbons (Fsp3) is 0.889. The van der Waals surface area contributed by atoms with E-state index in [4.69, 9.17) is 5.26 Å². The number of carbonyl (C=O) groups excluding carboxylic acids is 1. The fourth-order valence-electron chi connectivity index (χ4n) is 1.10. The van der Waals surface area contributed by atoms with Crippen LogP contribution in [-0.4, -0.2) is 24.4 Å². The van der Waals surface area contributed by atoms with Crippen molar-refractivity contribution in [1.29, 1.82) is 0 Å². The van der Waals surface area contributed by atoms with Gasteiger partial charge in [-0.25, -0.2) is 9.68 Å². The highest BCUT2D eigenvalue weighted by atomic mass is 17.1. The summed E-state index contributed by atoms with van der Waals surface area (Å²) in [6, 6.07) is 0. The molecule has 0 rings (SSSR count). The average molecular weight is 190 g/mol. The summed E-state index contributed by atoms with van der Waals surface area (Å²) in [5.74, 6) is -0.515. The molecule has 0 aromatic heterocycles. The molecule has 1 unspecified atom stereocenters. The van der Waals surface area contributed by atoms with E-state index in [1.165, 1.54) is 7.11 Å². The maximum atomic E-state index is 10.9. The summed E-state index contributed by atoms with van der Waals surface area (Å²) in [6.45, 7) is 2.11. The van der Waals surface area contributed by atoms with Gasteiger partial charge in [-0.15, -0.1) is 0 Å². The van der Waals surface area contributed by atoms with Gasteiger partial charge in [0, 0.05) is 0 Å². The van der Waals surface area contributed by atoms with Crippen molar-refractivity contribution in [3.8, 4) is 0 Å². The molecule has 0 amide bonds. The summed E-state index contributed by atoms with van der Waals surface area (Å²) in [4.78, 5) is 14.9. The van der Waals surface area contributed by atoms with Crippen LogP contribution in [-0.2, 0) is 14.4 Å². The Morgan fingerprint density at radius 3 is 2.54 bits per heavy atom. The first-order chi connectivity index (χ1) is 6.26. The third-order valence-corrected chi connectivity index (χ3v) is 1.91. The van der Waals surface area contributed by atoms with Crippen molar-refractivity contribution < 1.29 is 19.7 Å². The molecule has 0 fully saturated rings. The lowest BCUT2D eigenvalue weighted by Crippen LogP contribution is -2.24. The van der Waals surface area contributed by atoms with E-state index in [2.05, 4.69) is 16.5 Å². The van der Waals surface area contributed by atoms with E-state index in [1.54, 1.807) is 0 Å². The van der Waals surface area contributed by atoms with Crippen LogP contribution in [0.5, 0.6) is 0 Å². The lowest BCUT2D eigenvalue weighted by Gasteiger charge is -2.09. The van der Waals surface area contributed by atoms with Gasteiger partial charge in [-0.05, 0) is 6.42 Å². The summed E-state index contributed by atoms with van der Waals surface area (Å²) in [7, 11) is 1.28. The molecular formula is C9H18O4. The number of hydrogen-bond donors (Lipinski definition) is 1. The molecule has 0 saturated heterocycles. The summed E-state index contributed by atoms with van der Waals surface area (Å²) in [6.07, 6.45) is 3.90. The van der Waals surface area contributed by atoms with Crippen LogP contribution in [0.2, 0.25) is 0 Å². The maximum Gasteiger partial charge on any atom is 0.338 e. The van der Waals surface area contributed by atoms with Gasteiger partial charge in [-0.3, -0.25) is 5.26 Å². The SMILES string of the molecule is CCCCCCC(OO)C(=O)OC. The van der Waals surface area contributed by atoms with E-state index in [1.807, 2.05) is 0 Å². The Labute approximate surface area is 78.8 Å². The van der Waals surface area contributed by atoms with Gasteiger partial charge in [0.2, 0.25) is 0 Å². The van der Waals surface area contributed by atoms with Crippen LogP contribution < -0.4 is 0 Å². The first-order valence-electron chi connectivity index (χ1n) is 4.64. The van der Waals surface area contributed by atoms with Gasteiger partial charge in [0.05, 0.1) is 7.11 Å². The lowest BCUT2D eigenvalue weighted by molar-refractivity contribution is -0.278. The van der Waals surface area contributed by atoms with Crippen molar-refractivity contribution in [2.75, 3.05) is 7.11 Å². The molecule has 0 aliphatic rings. The van der Waals surface area contributed by atoms with Crippen LogP contribution in [0.3, 0.4) is 0 Å². The Morgan fingerprint density at radius 1 is 1.38 bits per heavy atom. The fourth-order valence-corrected chi connectivity index (χ4v) is 1.10. The van der Waals surface area contributed by atoms with Crippen molar-refractivity contribution in [2.24, 2.45) is 0 Å². The molecule has 1 N–H and O–H groups in total. The number of methoxy groups -OCH3 is 1. The second-order valence-corrected chi connectivity index (χ2v) is 2.97. The molecule has 0 saturated carbocycles. The molecule has 0 aromatic carbocycles. The topological polar surface area (TPSA) is 55.8 Å². The Hall–Kier alpha value is -0.610. The summed E-state index contributed by atoms with van der Waals surface area (Å²) >= 11 is 0. The number of esters is 1. The standard InChI is InChI=1S/C9H18O4/c1-3-4-5-6-7-8(13-11)9(10)12-2/h8,11H,3-7H2,1-2H3. The molecule has 4 nitrogen and oxygen atoms in total. The first-order valence-corrected chi connectivity index (χ1v) is 4.64. The largest absolute Gasteiger partial charge is 0.467 e.